The molecule has 0 radical (unpaired) electrons. The van der Waals surface area contributed by atoms with E-state index in [4.69, 9.17) is 4.42 Å². The molecule has 0 saturated carbocycles. The van der Waals surface area contributed by atoms with Crippen LogP contribution in [0.1, 0.15) is 5.76 Å². The number of furan rings is 1. The maximum Gasteiger partial charge on any atom is 0.454 e. The summed E-state index contributed by atoms with van der Waals surface area (Å²) in [5.74, 6) is -1.69. The summed E-state index contributed by atoms with van der Waals surface area (Å²) in [4.78, 5) is 10.6. The predicted octanol–water partition coefficient (Wildman–Crippen LogP) is 3.58. The molecular formula is C12H7F3O2. The Morgan fingerprint density at radius 3 is 2.59 bits per heavy atom. The van der Waals surface area contributed by atoms with Crippen LogP contribution in [0.25, 0.3) is 17.0 Å². The molecule has 2 rings (SSSR count). The lowest BCUT2D eigenvalue weighted by Crippen LogP contribution is -2.19. The van der Waals surface area contributed by atoms with Gasteiger partial charge in [-0.2, -0.15) is 13.2 Å². The van der Waals surface area contributed by atoms with Gasteiger partial charge in [-0.1, -0.05) is 18.2 Å². The first kappa shape index (κ1) is 11.4. The highest BCUT2D eigenvalue weighted by molar-refractivity contribution is 5.97. The third-order valence-electron chi connectivity index (χ3n) is 2.12. The third-order valence-corrected chi connectivity index (χ3v) is 2.12. The van der Waals surface area contributed by atoms with Crippen LogP contribution in [0, 0.1) is 0 Å². The van der Waals surface area contributed by atoms with Crippen LogP contribution in [-0.4, -0.2) is 12.0 Å². The van der Waals surface area contributed by atoms with E-state index in [1.165, 1.54) is 0 Å². The number of ketones is 1. The molecule has 17 heavy (non-hydrogen) atoms. The summed E-state index contributed by atoms with van der Waals surface area (Å²) in [6.45, 7) is 0. The smallest absolute Gasteiger partial charge is 0.454 e. The van der Waals surface area contributed by atoms with Crippen molar-refractivity contribution in [2.24, 2.45) is 0 Å². The summed E-state index contributed by atoms with van der Waals surface area (Å²) in [5.41, 5.74) is 0.562. The number of fused-ring (bicyclic) bond motifs is 1. The largest absolute Gasteiger partial charge is 0.457 e. The van der Waals surface area contributed by atoms with Gasteiger partial charge in [0.15, 0.2) is 0 Å². The molecule has 0 amide bonds. The van der Waals surface area contributed by atoms with Crippen molar-refractivity contribution in [3.63, 3.8) is 0 Å². The molecule has 1 aromatic heterocycles. The Morgan fingerprint density at radius 2 is 1.94 bits per heavy atom. The molecule has 0 unspecified atom stereocenters. The zero-order valence-corrected chi connectivity index (χ0v) is 8.49. The number of carbonyl (C=O) groups excluding carboxylic acids is 1. The molecule has 88 valence electrons. The molecule has 2 aromatic rings. The summed E-state index contributed by atoms with van der Waals surface area (Å²) in [6.07, 6.45) is -3.38. The van der Waals surface area contributed by atoms with Crippen LogP contribution in [0.2, 0.25) is 0 Å². The van der Waals surface area contributed by atoms with Gasteiger partial charge in [0.2, 0.25) is 0 Å². The number of para-hydroxylation sites is 1. The maximum absolute atomic E-state index is 11.9. The Labute approximate surface area is 94.3 Å². The fraction of sp³-hybridized carbons (Fsp3) is 0.0833. The van der Waals surface area contributed by atoms with Crippen LogP contribution in [0.5, 0.6) is 0 Å². The third kappa shape index (κ3) is 2.55. The monoisotopic (exact) mass is 240 g/mol. The van der Waals surface area contributed by atoms with E-state index in [1.54, 1.807) is 30.3 Å². The summed E-state index contributed by atoms with van der Waals surface area (Å²) < 4.78 is 41.0. The van der Waals surface area contributed by atoms with Gasteiger partial charge in [-0.15, -0.1) is 0 Å². The maximum atomic E-state index is 11.9. The number of alkyl halides is 3. The van der Waals surface area contributed by atoms with Crippen molar-refractivity contribution in [1.82, 2.24) is 0 Å². The van der Waals surface area contributed by atoms with E-state index >= 15 is 0 Å². The number of hydrogen-bond donors (Lipinski definition) is 0. The molecule has 0 spiro atoms. The van der Waals surface area contributed by atoms with Gasteiger partial charge in [0.25, 0.3) is 5.78 Å². The zero-order valence-electron chi connectivity index (χ0n) is 8.49. The number of hydrogen-bond acceptors (Lipinski definition) is 2. The van der Waals surface area contributed by atoms with Gasteiger partial charge in [0.1, 0.15) is 11.3 Å². The number of benzene rings is 1. The Hall–Kier alpha value is -2.04. The van der Waals surface area contributed by atoms with E-state index in [9.17, 15) is 18.0 Å². The van der Waals surface area contributed by atoms with E-state index in [0.717, 1.165) is 11.5 Å². The number of carbonyl (C=O) groups is 1. The molecular weight excluding hydrogens is 233 g/mol. The van der Waals surface area contributed by atoms with Crippen LogP contribution < -0.4 is 0 Å². The summed E-state index contributed by atoms with van der Waals surface area (Å²) in [7, 11) is 0. The first-order chi connectivity index (χ1) is 7.97. The van der Waals surface area contributed by atoms with Gasteiger partial charge in [0, 0.05) is 5.39 Å². The highest BCUT2D eigenvalue weighted by Crippen LogP contribution is 2.21. The number of halogens is 3. The average Bonchev–Trinajstić information content (AvgIpc) is 2.66. The fourth-order valence-electron chi connectivity index (χ4n) is 1.34. The van der Waals surface area contributed by atoms with Crippen LogP contribution in [-0.2, 0) is 4.79 Å². The van der Waals surface area contributed by atoms with Crippen LogP contribution in [0.3, 0.4) is 0 Å². The molecule has 5 heteroatoms. The number of allylic oxidation sites excluding steroid dienone is 1. The van der Waals surface area contributed by atoms with Crippen molar-refractivity contribution < 1.29 is 22.4 Å². The summed E-state index contributed by atoms with van der Waals surface area (Å²) in [5, 5.41) is 0.770. The minimum Gasteiger partial charge on any atom is -0.457 e. The normalized spacial score (nSPS) is 12.4. The summed E-state index contributed by atoms with van der Waals surface area (Å²) >= 11 is 0. The van der Waals surface area contributed by atoms with Crippen molar-refractivity contribution in [3.8, 4) is 0 Å². The van der Waals surface area contributed by atoms with Gasteiger partial charge in [-0.05, 0) is 24.3 Å². The fourth-order valence-corrected chi connectivity index (χ4v) is 1.34. The molecule has 0 saturated heterocycles. The van der Waals surface area contributed by atoms with Crippen LogP contribution >= 0.6 is 0 Å². The minimum absolute atomic E-state index is 0.212. The van der Waals surface area contributed by atoms with Gasteiger partial charge >= 0.3 is 6.18 Å². The molecule has 0 bridgehead atoms. The Bertz CT molecular complexity index is 546. The Kier molecular flexibility index (Phi) is 2.75. The first-order valence-electron chi connectivity index (χ1n) is 4.74. The van der Waals surface area contributed by atoms with Crippen LogP contribution in [0.4, 0.5) is 13.2 Å². The lowest BCUT2D eigenvalue weighted by atomic mass is 10.2. The van der Waals surface area contributed by atoms with E-state index in [2.05, 4.69) is 0 Å². The van der Waals surface area contributed by atoms with Crippen molar-refractivity contribution >= 4 is 22.8 Å². The lowest BCUT2D eigenvalue weighted by Gasteiger charge is -1.98. The van der Waals surface area contributed by atoms with Gasteiger partial charge in [-0.3, -0.25) is 4.79 Å². The first-order valence-corrected chi connectivity index (χ1v) is 4.74. The van der Waals surface area contributed by atoms with Gasteiger partial charge in [-0.25, -0.2) is 0 Å². The molecule has 2 nitrogen and oxygen atoms in total. The molecule has 0 aliphatic carbocycles. The summed E-state index contributed by atoms with van der Waals surface area (Å²) in [6, 6.07) is 8.56. The van der Waals surface area contributed by atoms with Crippen molar-refractivity contribution in [1.29, 1.82) is 0 Å². The second-order valence-corrected chi connectivity index (χ2v) is 3.38. The Morgan fingerprint density at radius 1 is 1.24 bits per heavy atom. The quantitative estimate of drug-likeness (QED) is 0.751. The van der Waals surface area contributed by atoms with Gasteiger partial charge < -0.3 is 4.42 Å². The molecule has 0 aliphatic rings. The molecule has 0 aliphatic heterocycles. The van der Waals surface area contributed by atoms with E-state index < -0.39 is 12.0 Å². The molecule has 0 fully saturated rings. The van der Waals surface area contributed by atoms with Crippen molar-refractivity contribution in [3.05, 3.63) is 42.2 Å². The minimum atomic E-state index is -4.84. The second-order valence-electron chi connectivity index (χ2n) is 3.38. The molecule has 1 aromatic carbocycles. The van der Waals surface area contributed by atoms with E-state index in [-0.39, 0.29) is 5.76 Å². The Balaban J connectivity index is 2.24. The zero-order chi connectivity index (χ0) is 12.5. The highest BCUT2D eigenvalue weighted by atomic mass is 19.4. The second kappa shape index (κ2) is 4.08. The topological polar surface area (TPSA) is 30.2 Å². The lowest BCUT2D eigenvalue weighted by molar-refractivity contribution is -0.165. The molecule has 1 heterocycles. The van der Waals surface area contributed by atoms with E-state index in [0.29, 0.717) is 11.7 Å². The highest BCUT2D eigenvalue weighted by Gasteiger charge is 2.36. The van der Waals surface area contributed by atoms with Crippen LogP contribution in [0.15, 0.2) is 40.8 Å². The predicted molar refractivity (Wildman–Crippen MR) is 56.3 cm³/mol. The van der Waals surface area contributed by atoms with Gasteiger partial charge in [0.05, 0.1) is 0 Å². The van der Waals surface area contributed by atoms with Crippen molar-refractivity contribution in [2.45, 2.75) is 6.18 Å². The van der Waals surface area contributed by atoms with Crippen molar-refractivity contribution in [2.75, 3.05) is 0 Å². The van der Waals surface area contributed by atoms with E-state index in [1.807, 2.05) is 0 Å². The molecule has 0 N–H and O–H groups in total. The average molecular weight is 240 g/mol. The standard InChI is InChI=1S/C12H7F3O2/c13-12(14,15)11(16)6-5-9-7-8-3-1-2-4-10(8)17-9/h1-7H/b6-5+. The SMILES string of the molecule is O=C(/C=C/c1cc2ccccc2o1)C(F)(F)F. The number of rotatable bonds is 2. The molecule has 0 atom stereocenters.